The van der Waals surface area contributed by atoms with Crippen LogP contribution in [0.4, 0.5) is 0 Å². The average Bonchev–Trinajstić information content (AvgIpc) is 3.14. The number of piperidine rings is 1. The highest BCUT2D eigenvalue weighted by molar-refractivity contribution is 5.92. The summed E-state index contributed by atoms with van der Waals surface area (Å²) in [5.74, 6) is 0.0398. The minimum absolute atomic E-state index is 0.00410. The average molecular weight is 540 g/mol. The number of amides is 3. The second-order valence-electron chi connectivity index (χ2n) is 12.7. The monoisotopic (exact) mass is 539 g/mol. The van der Waals surface area contributed by atoms with Gasteiger partial charge in [0.1, 0.15) is 6.04 Å². The van der Waals surface area contributed by atoms with E-state index < -0.39 is 22.9 Å². The van der Waals surface area contributed by atoms with Crippen molar-refractivity contribution in [1.29, 1.82) is 0 Å². The molecule has 0 aromatic carbocycles. The van der Waals surface area contributed by atoms with Gasteiger partial charge in [-0.15, -0.1) is 0 Å². The molecule has 0 unspecified atom stereocenters. The number of aromatic nitrogens is 1. The van der Waals surface area contributed by atoms with Crippen LogP contribution < -0.4 is 11.1 Å². The van der Waals surface area contributed by atoms with Crippen LogP contribution in [0, 0.1) is 22.7 Å². The number of hydrogen-bond donors (Lipinski definition) is 2. The normalized spacial score (nSPS) is 30.1. The summed E-state index contributed by atoms with van der Waals surface area (Å²) < 4.78 is 5.88. The van der Waals surface area contributed by atoms with Gasteiger partial charge in [-0.2, -0.15) is 0 Å². The van der Waals surface area contributed by atoms with Crippen molar-refractivity contribution in [2.24, 2.45) is 28.4 Å². The highest BCUT2D eigenvalue weighted by atomic mass is 16.5. The molecule has 214 valence electrons. The van der Waals surface area contributed by atoms with Crippen molar-refractivity contribution in [1.82, 2.24) is 20.1 Å². The first-order valence-corrected chi connectivity index (χ1v) is 14.1. The number of pyridine rings is 1. The largest absolute Gasteiger partial charge is 0.374 e. The van der Waals surface area contributed by atoms with Crippen LogP contribution in [0.5, 0.6) is 0 Å². The smallest absolute Gasteiger partial charge is 0.247 e. The molecule has 3 aliphatic rings. The number of likely N-dealkylation sites (tertiary alicyclic amines) is 2. The topological polar surface area (TPSA) is 118 Å². The molecule has 4 rings (SSSR count). The molecular weight excluding hydrogens is 494 g/mol. The first-order chi connectivity index (χ1) is 18.4. The van der Waals surface area contributed by atoms with Crippen molar-refractivity contribution in [3.8, 4) is 0 Å². The number of rotatable bonds is 8. The van der Waals surface area contributed by atoms with E-state index in [-0.39, 0.29) is 36.4 Å². The second kappa shape index (κ2) is 11.4. The number of nitrogens with one attached hydrogen (secondary N) is 1. The van der Waals surface area contributed by atoms with Gasteiger partial charge < -0.3 is 25.6 Å². The van der Waals surface area contributed by atoms with Crippen molar-refractivity contribution in [3.05, 3.63) is 42.2 Å². The molecule has 1 aliphatic carbocycles. The fourth-order valence-electron chi connectivity index (χ4n) is 6.74. The van der Waals surface area contributed by atoms with Gasteiger partial charge in [-0.1, -0.05) is 32.1 Å². The molecule has 9 nitrogen and oxygen atoms in total. The molecule has 9 heteroatoms. The van der Waals surface area contributed by atoms with Gasteiger partial charge in [0.15, 0.2) is 0 Å². The lowest BCUT2D eigenvalue weighted by Gasteiger charge is -2.51. The van der Waals surface area contributed by atoms with Gasteiger partial charge in [0, 0.05) is 39.1 Å². The standard InChI is InChI=1S/C30H45N5O4/c1-21-10-6-7-12-29(21,4)24-17-34(5)27(38)30(24)13-9-15-35(20-30)25(36)23(33-26(37)28(2,3)31)19-39-18-22-11-8-14-32-16-22/h6-8,11,14,16,21,23-24H,9-10,12-13,15,17-20,31H2,1-5H3,(H,33,37)/t21-,23-,24+,29-,30+/m1/s1. The molecule has 2 fully saturated rings. The third-order valence-electron chi connectivity index (χ3n) is 9.33. The molecule has 0 radical (unpaired) electrons. The highest BCUT2D eigenvalue weighted by Crippen LogP contribution is 2.57. The van der Waals surface area contributed by atoms with Crippen LogP contribution in [-0.2, 0) is 25.7 Å². The summed E-state index contributed by atoms with van der Waals surface area (Å²) in [6.07, 6.45) is 11.3. The van der Waals surface area contributed by atoms with Crippen molar-refractivity contribution < 1.29 is 19.1 Å². The highest BCUT2D eigenvalue weighted by Gasteiger charge is 2.61. The Morgan fingerprint density at radius 1 is 1.33 bits per heavy atom. The number of allylic oxidation sites excluding steroid dienone is 2. The number of ether oxygens (including phenoxy) is 1. The molecule has 1 aromatic rings. The minimum Gasteiger partial charge on any atom is -0.374 e. The maximum atomic E-state index is 14.0. The predicted octanol–water partition coefficient (Wildman–Crippen LogP) is 2.51. The molecule has 3 amide bonds. The minimum atomic E-state index is -1.15. The van der Waals surface area contributed by atoms with E-state index in [0.717, 1.165) is 31.2 Å². The fraction of sp³-hybridized carbons (Fsp3) is 0.667. The Hall–Kier alpha value is -2.78. The van der Waals surface area contributed by atoms with Crippen molar-refractivity contribution in [2.75, 3.05) is 33.3 Å². The van der Waals surface area contributed by atoms with Crippen LogP contribution in [0.2, 0.25) is 0 Å². The number of hydrogen-bond acceptors (Lipinski definition) is 6. The van der Waals surface area contributed by atoms with Crippen molar-refractivity contribution >= 4 is 17.7 Å². The lowest BCUT2D eigenvalue weighted by molar-refractivity contribution is -0.150. The zero-order valence-electron chi connectivity index (χ0n) is 24.1. The maximum absolute atomic E-state index is 14.0. The molecule has 0 bridgehead atoms. The summed E-state index contributed by atoms with van der Waals surface area (Å²) in [5, 5.41) is 2.83. The quantitative estimate of drug-likeness (QED) is 0.490. The Morgan fingerprint density at radius 3 is 2.77 bits per heavy atom. The van der Waals surface area contributed by atoms with E-state index in [0.29, 0.717) is 25.6 Å². The molecular formula is C30H45N5O4. The molecule has 5 atom stereocenters. The van der Waals surface area contributed by atoms with E-state index in [2.05, 4.69) is 36.3 Å². The number of carbonyl (C=O) groups is 3. The summed E-state index contributed by atoms with van der Waals surface area (Å²) in [4.78, 5) is 48.4. The fourth-order valence-corrected chi connectivity index (χ4v) is 6.74. The van der Waals surface area contributed by atoms with E-state index in [1.165, 1.54) is 0 Å². The van der Waals surface area contributed by atoms with Crippen molar-refractivity contribution in [3.63, 3.8) is 0 Å². The molecule has 39 heavy (non-hydrogen) atoms. The summed E-state index contributed by atoms with van der Waals surface area (Å²) in [7, 11) is 1.89. The summed E-state index contributed by atoms with van der Waals surface area (Å²) in [6.45, 7) is 9.66. The first kappa shape index (κ1) is 29.2. The molecule has 3 N–H and O–H groups in total. The van der Waals surface area contributed by atoms with Gasteiger partial charge in [-0.05, 0) is 68.4 Å². The van der Waals surface area contributed by atoms with E-state index in [1.54, 1.807) is 31.1 Å². The summed E-state index contributed by atoms with van der Waals surface area (Å²) in [6, 6.07) is 2.80. The third kappa shape index (κ3) is 5.89. The molecule has 0 saturated carbocycles. The molecule has 2 saturated heterocycles. The maximum Gasteiger partial charge on any atom is 0.247 e. The van der Waals surface area contributed by atoms with E-state index in [4.69, 9.17) is 10.5 Å². The Kier molecular flexibility index (Phi) is 8.52. The molecule has 1 aromatic heterocycles. The van der Waals surface area contributed by atoms with Gasteiger partial charge in [-0.25, -0.2) is 0 Å². The first-order valence-electron chi connectivity index (χ1n) is 14.1. The molecule has 3 heterocycles. The Bertz CT molecular complexity index is 1090. The van der Waals surface area contributed by atoms with Crippen LogP contribution in [0.15, 0.2) is 36.7 Å². The van der Waals surface area contributed by atoms with Gasteiger partial charge >= 0.3 is 0 Å². The Morgan fingerprint density at radius 2 is 2.10 bits per heavy atom. The number of carbonyl (C=O) groups excluding carboxylic acids is 3. The van der Waals surface area contributed by atoms with E-state index in [9.17, 15) is 14.4 Å². The lowest BCUT2D eigenvalue weighted by Crippen LogP contribution is -2.61. The second-order valence-corrected chi connectivity index (χ2v) is 12.7. The van der Waals surface area contributed by atoms with Gasteiger partial charge in [0.2, 0.25) is 17.7 Å². The van der Waals surface area contributed by atoms with Crippen LogP contribution in [0.3, 0.4) is 0 Å². The SMILES string of the molecule is C[C@@H]1CC=CC[C@@]1(C)[C@@H]1CN(C)C(=O)[C@]12CCCN(C(=O)[C@@H](COCc1cccnc1)NC(=O)C(C)(C)N)C2. The predicted molar refractivity (Wildman–Crippen MR) is 149 cm³/mol. The van der Waals surface area contributed by atoms with E-state index in [1.807, 2.05) is 24.1 Å². The molecule has 2 aliphatic heterocycles. The van der Waals surface area contributed by atoms with Gasteiger partial charge in [0.05, 0.1) is 24.2 Å². The zero-order chi connectivity index (χ0) is 28.4. The zero-order valence-corrected chi connectivity index (χ0v) is 24.1. The number of nitrogens with zero attached hydrogens (tertiary/aromatic N) is 3. The Balaban J connectivity index is 1.56. The van der Waals surface area contributed by atoms with E-state index >= 15 is 0 Å². The van der Waals surface area contributed by atoms with Crippen LogP contribution in [0.25, 0.3) is 0 Å². The summed E-state index contributed by atoms with van der Waals surface area (Å²) in [5.41, 5.74) is 5.09. The Labute approximate surface area is 232 Å². The van der Waals surface area contributed by atoms with Crippen LogP contribution in [0.1, 0.15) is 58.9 Å². The third-order valence-corrected chi connectivity index (χ3v) is 9.33. The van der Waals surface area contributed by atoms with Crippen LogP contribution >= 0.6 is 0 Å². The lowest BCUT2D eigenvalue weighted by atomic mass is 9.54. The van der Waals surface area contributed by atoms with Gasteiger partial charge in [0.25, 0.3) is 0 Å². The number of nitrogens with two attached hydrogens (primary N) is 1. The van der Waals surface area contributed by atoms with Gasteiger partial charge in [-0.3, -0.25) is 19.4 Å². The van der Waals surface area contributed by atoms with Crippen LogP contribution in [-0.4, -0.2) is 77.4 Å². The summed E-state index contributed by atoms with van der Waals surface area (Å²) >= 11 is 0. The van der Waals surface area contributed by atoms with Crippen molar-refractivity contribution in [2.45, 2.75) is 71.6 Å². The molecule has 1 spiro atoms.